The molecule has 0 saturated heterocycles. The molecule has 108 valence electrons. The number of anilines is 1. The van der Waals surface area contributed by atoms with Gasteiger partial charge < -0.3 is 10.1 Å². The molecule has 0 aromatic heterocycles. The van der Waals surface area contributed by atoms with Crippen molar-refractivity contribution in [2.75, 3.05) is 11.9 Å². The zero-order valence-corrected chi connectivity index (χ0v) is 10.7. The maximum atomic E-state index is 12.9. The van der Waals surface area contributed by atoms with Crippen LogP contribution in [0.5, 0.6) is 0 Å². The van der Waals surface area contributed by atoms with Crippen molar-refractivity contribution in [1.29, 1.82) is 0 Å². The van der Waals surface area contributed by atoms with E-state index < -0.39 is 28.3 Å². The van der Waals surface area contributed by atoms with Crippen LogP contribution in [0, 0.1) is 15.9 Å². The Labute approximate surface area is 113 Å². The summed E-state index contributed by atoms with van der Waals surface area (Å²) in [4.78, 5) is 32.5. The van der Waals surface area contributed by atoms with Gasteiger partial charge in [0.2, 0.25) is 5.91 Å². The largest absolute Gasteiger partial charge is 0.466 e. The molecular weight excluding hydrogens is 271 g/mol. The standard InChI is InChI=1S/C12H13FN2O5/c1-2-20-12(17)6-5-11(16)14-9-4-3-8(13)7-10(9)15(18)19/h3-4,7H,2,5-6H2,1H3,(H,14,16). The number of nitrogens with zero attached hydrogens (tertiary/aromatic N) is 1. The molecule has 0 saturated carbocycles. The van der Waals surface area contributed by atoms with Gasteiger partial charge in [0.25, 0.3) is 5.69 Å². The summed E-state index contributed by atoms with van der Waals surface area (Å²) in [5, 5.41) is 13.0. The fourth-order valence-corrected chi connectivity index (χ4v) is 1.42. The van der Waals surface area contributed by atoms with Crippen molar-refractivity contribution in [3.63, 3.8) is 0 Å². The van der Waals surface area contributed by atoms with Gasteiger partial charge in [-0.25, -0.2) is 4.39 Å². The van der Waals surface area contributed by atoms with E-state index in [0.717, 1.165) is 12.1 Å². The van der Waals surface area contributed by atoms with Gasteiger partial charge in [-0.3, -0.25) is 19.7 Å². The van der Waals surface area contributed by atoms with Crippen molar-refractivity contribution in [1.82, 2.24) is 0 Å². The van der Waals surface area contributed by atoms with E-state index in [1.54, 1.807) is 6.92 Å². The number of nitro benzene ring substituents is 1. The molecule has 8 heteroatoms. The number of hydrogen-bond acceptors (Lipinski definition) is 5. The number of benzene rings is 1. The Hall–Kier alpha value is -2.51. The molecule has 0 spiro atoms. The molecule has 1 aromatic carbocycles. The smallest absolute Gasteiger partial charge is 0.306 e. The average molecular weight is 284 g/mol. The zero-order chi connectivity index (χ0) is 15.1. The first kappa shape index (κ1) is 15.5. The lowest BCUT2D eigenvalue weighted by molar-refractivity contribution is -0.384. The van der Waals surface area contributed by atoms with E-state index in [4.69, 9.17) is 0 Å². The summed E-state index contributed by atoms with van der Waals surface area (Å²) in [6, 6.07) is 2.80. The molecule has 0 aliphatic rings. The summed E-state index contributed by atoms with van der Waals surface area (Å²) in [5.74, 6) is -1.90. The molecule has 1 amide bonds. The molecule has 0 atom stereocenters. The number of rotatable bonds is 6. The number of ether oxygens (including phenoxy) is 1. The molecule has 0 aliphatic carbocycles. The second-order valence-corrected chi connectivity index (χ2v) is 3.77. The molecular formula is C12H13FN2O5. The number of nitrogens with one attached hydrogen (secondary N) is 1. The predicted molar refractivity (Wildman–Crippen MR) is 67.6 cm³/mol. The highest BCUT2D eigenvalue weighted by Gasteiger charge is 2.17. The van der Waals surface area contributed by atoms with Crippen LogP contribution in [0.1, 0.15) is 19.8 Å². The number of carbonyl (C=O) groups is 2. The summed E-state index contributed by atoms with van der Waals surface area (Å²) in [6.45, 7) is 1.85. The third-order valence-electron chi connectivity index (χ3n) is 2.29. The first-order valence-corrected chi connectivity index (χ1v) is 5.83. The van der Waals surface area contributed by atoms with Gasteiger partial charge in [-0.05, 0) is 19.1 Å². The number of carbonyl (C=O) groups excluding carboxylic acids is 2. The molecule has 0 unspecified atom stereocenters. The highest BCUT2D eigenvalue weighted by atomic mass is 19.1. The lowest BCUT2D eigenvalue weighted by Gasteiger charge is -2.06. The van der Waals surface area contributed by atoms with Gasteiger partial charge in [0.1, 0.15) is 11.5 Å². The van der Waals surface area contributed by atoms with Crippen LogP contribution >= 0.6 is 0 Å². The summed E-state index contributed by atoms with van der Waals surface area (Å²) >= 11 is 0. The monoisotopic (exact) mass is 284 g/mol. The van der Waals surface area contributed by atoms with E-state index in [1.165, 1.54) is 0 Å². The van der Waals surface area contributed by atoms with Crippen molar-refractivity contribution >= 4 is 23.3 Å². The zero-order valence-electron chi connectivity index (χ0n) is 10.7. The van der Waals surface area contributed by atoms with Crippen molar-refractivity contribution in [3.05, 3.63) is 34.1 Å². The van der Waals surface area contributed by atoms with E-state index >= 15 is 0 Å². The Balaban J connectivity index is 2.66. The fraction of sp³-hybridized carbons (Fsp3) is 0.333. The van der Waals surface area contributed by atoms with E-state index in [-0.39, 0.29) is 25.1 Å². The van der Waals surface area contributed by atoms with Gasteiger partial charge in [0, 0.05) is 6.42 Å². The first-order chi connectivity index (χ1) is 9.43. The van der Waals surface area contributed by atoms with Crippen LogP contribution in [0.3, 0.4) is 0 Å². The second-order valence-electron chi connectivity index (χ2n) is 3.77. The normalized spacial score (nSPS) is 9.90. The minimum absolute atomic E-state index is 0.120. The van der Waals surface area contributed by atoms with E-state index in [1.807, 2.05) is 0 Å². The van der Waals surface area contributed by atoms with Crippen LogP contribution in [-0.4, -0.2) is 23.4 Å². The first-order valence-electron chi connectivity index (χ1n) is 5.83. The topological polar surface area (TPSA) is 98.5 Å². The Morgan fingerprint density at radius 1 is 1.40 bits per heavy atom. The quantitative estimate of drug-likeness (QED) is 0.489. The van der Waals surface area contributed by atoms with Crippen LogP contribution in [0.2, 0.25) is 0 Å². The van der Waals surface area contributed by atoms with Gasteiger partial charge in [-0.15, -0.1) is 0 Å². The lowest BCUT2D eigenvalue weighted by atomic mass is 10.2. The van der Waals surface area contributed by atoms with E-state index in [2.05, 4.69) is 10.1 Å². The van der Waals surface area contributed by atoms with Crippen LogP contribution in [0.25, 0.3) is 0 Å². The van der Waals surface area contributed by atoms with Crippen molar-refractivity contribution in [2.45, 2.75) is 19.8 Å². The summed E-state index contributed by atoms with van der Waals surface area (Å²) < 4.78 is 17.5. The molecule has 0 fully saturated rings. The highest BCUT2D eigenvalue weighted by Crippen LogP contribution is 2.25. The lowest BCUT2D eigenvalue weighted by Crippen LogP contribution is -2.15. The van der Waals surface area contributed by atoms with E-state index in [0.29, 0.717) is 6.07 Å². The van der Waals surface area contributed by atoms with Gasteiger partial charge in [0.05, 0.1) is 24.0 Å². The maximum absolute atomic E-state index is 12.9. The van der Waals surface area contributed by atoms with Crippen molar-refractivity contribution in [3.8, 4) is 0 Å². The van der Waals surface area contributed by atoms with Gasteiger partial charge in [-0.2, -0.15) is 0 Å². The Morgan fingerprint density at radius 3 is 2.70 bits per heavy atom. The molecule has 0 aliphatic heterocycles. The number of amides is 1. The number of nitro groups is 1. The number of hydrogen-bond donors (Lipinski definition) is 1. The Morgan fingerprint density at radius 2 is 2.10 bits per heavy atom. The van der Waals surface area contributed by atoms with E-state index in [9.17, 15) is 24.1 Å². The third-order valence-corrected chi connectivity index (χ3v) is 2.29. The third kappa shape index (κ3) is 4.63. The number of halogens is 1. The van der Waals surface area contributed by atoms with Crippen molar-refractivity contribution < 1.29 is 23.6 Å². The SMILES string of the molecule is CCOC(=O)CCC(=O)Nc1ccc(F)cc1[N+](=O)[O-]. The molecule has 20 heavy (non-hydrogen) atoms. The van der Waals surface area contributed by atoms with Crippen molar-refractivity contribution in [2.24, 2.45) is 0 Å². The van der Waals surface area contributed by atoms with Crippen LogP contribution in [0.15, 0.2) is 18.2 Å². The van der Waals surface area contributed by atoms with Gasteiger partial charge >= 0.3 is 5.97 Å². The second kappa shape index (κ2) is 7.17. The molecule has 1 N–H and O–H groups in total. The molecule has 0 radical (unpaired) electrons. The summed E-state index contributed by atoms with van der Waals surface area (Å²) in [7, 11) is 0. The maximum Gasteiger partial charge on any atom is 0.306 e. The molecule has 7 nitrogen and oxygen atoms in total. The van der Waals surface area contributed by atoms with Crippen LogP contribution in [-0.2, 0) is 14.3 Å². The Bertz CT molecular complexity index is 533. The van der Waals surface area contributed by atoms with Crippen LogP contribution < -0.4 is 5.32 Å². The van der Waals surface area contributed by atoms with Gasteiger partial charge in [-0.1, -0.05) is 0 Å². The minimum atomic E-state index is -0.802. The van der Waals surface area contributed by atoms with Gasteiger partial charge in [0.15, 0.2) is 0 Å². The van der Waals surface area contributed by atoms with Crippen LogP contribution in [0.4, 0.5) is 15.8 Å². The summed E-state index contributed by atoms with van der Waals surface area (Å²) in [5.41, 5.74) is -0.667. The predicted octanol–water partition coefficient (Wildman–Crippen LogP) is 2.02. The minimum Gasteiger partial charge on any atom is -0.466 e. The molecule has 1 rings (SSSR count). The average Bonchev–Trinajstić information content (AvgIpc) is 2.38. The molecule has 0 heterocycles. The fourth-order valence-electron chi connectivity index (χ4n) is 1.42. The highest BCUT2D eigenvalue weighted by molar-refractivity contribution is 5.94. The summed E-state index contributed by atoms with van der Waals surface area (Å²) in [6.07, 6.45) is -0.304. The Kier molecular flexibility index (Phi) is 5.57. The molecule has 1 aromatic rings. The number of esters is 1. The molecule has 0 bridgehead atoms.